The van der Waals surface area contributed by atoms with E-state index in [0.29, 0.717) is 41.5 Å². The Balaban J connectivity index is 1.52. The van der Waals surface area contributed by atoms with Crippen LogP contribution in [0.5, 0.6) is 0 Å². The largest absolute Gasteiger partial charge is 0.326 e. The van der Waals surface area contributed by atoms with Gasteiger partial charge in [0.25, 0.3) is 0 Å². The zero-order chi connectivity index (χ0) is 22.9. The molecule has 1 fully saturated rings. The van der Waals surface area contributed by atoms with Gasteiger partial charge in [-0.15, -0.1) is 0 Å². The lowest BCUT2D eigenvalue weighted by atomic mass is 9.98. The molecule has 1 atom stereocenters. The number of carbonyl (C=O) groups excluding carboxylic acids is 2. The summed E-state index contributed by atoms with van der Waals surface area (Å²) in [7, 11) is -3.80. The highest BCUT2D eigenvalue weighted by molar-refractivity contribution is 7.89. The number of nitrogens with zero attached hydrogens (tertiary/aromatic N) is 1. The van der Waals surface area contributed by atoms with Crippen molar-refractivity contribution in [2.75, 3.05) is 18.4 Å². The van der Waals surface area contributed by atoms with Crippen molar-refractivity contribution < 1.29 is 18.0 Å². The van der Waals surface area contributed by atoms with E-state index >= 15 is 0 Å². The van der Waals surface area contributed by atoms with Gasteiger partial charge < -0.3 is 10.3 Å². The molecule has 1 aliphatic heterocycles. The zero-order valence-electron chi connectivity index (χ0n) is 17.5. The van der Waals surface area contributed by atoms with E-state index in [-0.39, 0.29) is 28.7 Å². The van der Waals surface area contributed by atoms with Gasteiger partial charge in [0, 0.05) is 35.9 Å². The van der Waals surface area contributed by atoms with E-state index in [1.54, 1.807) is 36.4 Å². The van der Waals surface area contributed by atoms with Crippen molar-refractivity contribution in [2.45, 2.75) is 24.7 Å². The third-order valence-electron chi connectivity index (χ3n) is 5.62. The summed E-state index contributed by atoms with van der Waals surface area (Å²) in [5.74, 6) is -0.881. The maximum Gasteiger partial charge on any atom is 0.248 e. The maximum atomic E-state index is 13.2. The fourth-order valence-electron chi connectivity index (χ4n) is 3.88. The highest BCUT2D eigenvalue weighted by atomic mass is 32.2. The van der Waals surface area contributed by atoms with Crippen LogP contribution in [0.3, 0.4) is 0 Å². The summed E-state index contributed by atoms with van der Waals surface area (Å²) in [4.78, 5) is 38.6. The molecule has 1 saturated heterocycles. The number of aromatic nitrogens is 1. The number of Topliss-reactive ketones (excluding diaryl/α,β-unsaturated/α-hetero) is 1. The molecular weight excluding hydrogens is 430 g/mol. The van der Waals surface area contributed by atoms with Gasteiger partial charge in [-0.1, -0.05) is 12.1 Å². The van der Waals surface area contributed by atoms with Crippen LogP contribution >= 0.6 is 0 Å². The van der Waals surface area contributed by atoms with Gasteiger partial charge in [0.2, 0.25) is 21.5 Å². The minimum absolute atomic E-state index is 0.0736. The smallest absolute Gasteiger partial charge is 0.248 e. The Kier molecular flexibility index (Phi) is 5.94. The molecule has 166 valence electrons. The van der Waals surface area contributed by atoms with Crippen LogP contribution in [0.15, 0.2) is 64.3 Å². The van der Waals surface area contributed by atoms with Crippen molar-refractivity contribution in [1.82, 2.24) is 9.29 Å². The van der Waals surface area contributed by atoms with Crippen LogP contribution in [-0.4, -0.2) is 42.5 Å². The Morgan fingerprint density at radius 1 is 1.09 bits per heavy atom. The van der Waals surface area contributed by atoms with Gasteiger partial charge in [-0.2, -0.15) is 4.31 Å². The van der Waals surface area contributed by atoms with Crippen molar-refractivity contribution in [3.05, 3.63) is 70.5 Å². The SMILES string of the molecule is CC(=O)c1cccc(NC(=O)[C@@H]2CCCN(S(=O)(=O)c3ccc4[nH]c(=O)ccc4c3)C2)c1. The molecule has 1 aromatic heterocycles. The quantitative estimate of drug-likeness (QED) is 0.576. The number of H-pyrrole nitrogens is 1. The number of ketones is 1. The van der Waals surface area contributed by atoms with Gasteiger partial charge in [0.1, 0.15) is 0 Å². The first-order valence-corrected chi connectivity index (χ1v) is 11.7. The zero-order valence-corrected chi connectivity index (χ0v) is 18.3. The monoisotopic (exact) mass is 453 g/mol. The average molecular weight is 454 g/mol. The molecule has 4 rings (SSSR count). The molecule has 1 aliphatic rings. The number of anilines is 1. The molecule has 9 heteroatoms. The number of rotatable bonds is 5. The van der Waals surface area contributed by atoms with Crippen LogP contribution in [0.1, 0.15) is 30.1 Å². The first-order valence-electron chi connectivity index (χ1n) is 10.3. The lowest BCUT2D eigenvalue weighted by Crippen LogP contribution is -2.43. The minimum Gasteiger partial charge on any atom is -0.326 e. The Hall–Kier alpha value is -3.30. The van der Waals surface area contributed by atoms with Crippen molar-refractivity contribution >= 4 is 38.3 Å². The van der Waals surface area contributed by atoms with Gasteiger partial charge in [-0.05, 0) is 61.5 Å². The van der Waals surface area contributed by atoms with Crippen LogP contribution in [0, 0.1) is 5.92 Å². The summed E-state index contributed by atoms with van der Waals surface area (Å²) < 4.78 is 27.8. The predicted molar refractivity (Wildman–Crippen MR) is 121 cm³/mol. The number of nitrogens with one attached hydrogen (secondary N) is 2. The summed E-state index contributed by atoms with van der Waals surface area (Å²) >= 11 is 0. The van der Waals surface area contributed by atoms with E-state index < -0.39 is 15.9 Å². The molecule has 0 bridgehead atoms. The molecule has 0 spiro atoms. The number of carbonyl (C=O) groups is 2. The lowest BCUT2D eigenvalue weighted by molar-refractivity contribution is -0.120. The highest BCUT2D eigenvalue weighted by Crippen LogP contribution is 2.26. The summed E-state index contributed by atoms with van der Waals surface area (Å²) in [5, 5.41) is 3.42. The van der Waals surface area contributed by atoms with E-state index in [4.69, 9.17) is 0 Å². The summed E-state index contributed by atoms with van der Waals surface area (Å²) in [6.45, 7) is 1.86. The van der Waals surface area contributed by atoms with Gasteiger partial charge in [-0.3, -0.25) is 14.4 Å². The molecule has 0 saturated carbocycles. The van der Waals surface area contributed by atoms with Crippen LogP contribution in [0.25, 0.3) is 10.9 Å². The number of sulfonamides is 1. The Bertz CT molecular complexity index is 1360. The second-order valence-corrected chi connectivity index (χ2v) is 9.84. The Labute approximate surface area is 185 Å². The third-order valence-corrected chi connectivity index (χ3v) is 7.49. The summed E-state index contributed by atoms with van der Waals surface area (Å²) in [6.07, 6.45) is 1.13. The number of hydrogen-bond donors (Lipinski definition) is 2. The lowest BCUT2D eigenvalue weighted by Gasteiger charge is -2.31. The summed E-state index contributed by atoms with van der Waals surface area (Å²) in [5.41, 5.74) is 1.30. The fourth-order valence-corrected chi connectivity index (χ4v) is 5.44. The average Bonchev–Trinajstić information content (AvgIpc) is 2.79. The van der Waals surface area contributed by atoms with Crippen molar-refractivity contribution in [2.24, 2.45) is 5.92 Å². The number of amides is 1. The van der Waals surface area contributed by atoms with Gasteiger partial charge in [0.05, 0.1) is 10.8 Å². The molecule has 1 amide bonds. The molecule has 2 heterocycles. The number of hydrogen-bond acceptors (Lipinski definition) is 5. The van der Waals surface area contributed by atoms with E-state index in [2.05, 4.69) is 10.3 Å². The van der Waals surface area contributed by atoms with E-state index in [9.17, 15) is 22.8 Å². The first-order chi connectivity index (χ1) is 15.2. The van der Waals surface area contributed by atoms with Gasteiger partial charge in [0.15, 0.2) is 5.78 Å². The van der Waals surface area contributed by atoms with Gasteiger partial charge >= 0.3 is 0 Å². The van der Waals surface area contributed by atoms with Crippen molar-refractivity contribution in [1.29, 1.82) is 0 Å². The second kappa shape index (κ2) is 8.68. The molecule has 8 nitrogen and oxygen atoms in total. The summed E-state index contributed by atoms with van der Waals surface area (Å²) in [6, 6.07) is 14.2. The van der Waals surface area contributed by atoms with E-state index in [1.807, 2.05) is 0 Å². The Morgan fingerprint density at radius 2 is 1.91 bits per heavy atom. The topological polar surface area (TPSA) is 116 Å². The molecule has 32 heavy (non-hydrogen) atoms. The highest BCUT2D eigenvalue weighted by Gasteiger charge is 2.33. The van der Waals surface area contributed by atoms with Crippen LogP contribution in [-0.2, 0) is 14.8 Å². The van der Waals surface area contributed by atoms with Crippen LogP contribution in [0.4, 0.5) is 5.69 Å². The maximum absolute atomic E-state index is 13.2. The molecule has 0 radical (unpaired) electrons. The second-order valence-electron chi connectivity index (χ2n) is 7.90. The van der Waals surface area contributed by atoms with E-state index in [0.717, 1.165) is 0 Å². The van der Waals surface area contributed by atoms with Gasteiger partial charge in [-0.25, -0.2) is 8.42 Å². The normalized spacial score (nSPS) is 17.2. The third kappa shape index (κ3) is 4.49. The van der Waals surface area contributed by atoms with E-state index in [1.165, 1.54) is 29.4 Å². The first kappa shape index (κ1) is 21.9. The molecule has 2 N–H and O–H groups in total. The molecule has 0 unspecified atom stereocenters. The number of aromatic amines is 1. The number of pyridine rings is 1. The minimum atomic E-state index is -3.80. The standard InChI is InChI=1S/C23H23N3O5S/c1-15(27)16-4-2-6-19(12-16)24-23(29)18-5-3-11-26(14-18)32(30,31)20-8-9-21-17(13-20)7-10-22(28)25-21/h2,4,6-10,12-13,18H,3,5,11,14H2,1H3,(H,24,29)(H,25,28)/t18-/m1/s1. The number of fused-ring (bicyclic) bond motifs is 1. The Morgan fingerprint density at radius 3 is 2.69 bits per heavy atom. The van der Waals surface area contributed by atoms with Crippen molar-refractivity contribution in [3.8, 4) is 0 Å². The number of benzene rings is 2. The fraction of sp³-hybridized carbons (Fsp3) is 0.261. The van der Waals surface area contributed by atoms with Crippen LogP contribution < -0.4 is 10.9 Å². The molecule has 0 aliphatic carbocycles. The van der Waals surface area contributed by atoms with Crippen LogP contribution in [0.2, 0.25) is 0 Å². The molecular formula is C23H23N3O5S. The molecule has 3 aromatic rings. The molecule has 2 aromatic carbocycles. The number of piperidine rings is 1. The predicted octanol–water partition coefficient (Wildman–Crippen LogP) is 2.77. The van der Waals surface area contributed by atoms with Crippen molar-refractivity contribution in [3.63, 3.8) is 0 Å².